The van der Waals surface area contributed by atoms with E-state index in [4.69, 9.17) is 0 Å². The van der Waals surface area contributed by atoms with Crippen LogP contribution in [-0.2, 0) is 29.2 Å². The van der Waals surface area contributed by atoms with Gasteiger partial charge in [0.1, 0.15) is 6.10 Å². The third-order valence-electron chi connectivity index (χ3n) is 2.48. The van der Waals surface area contributed by atoms with Crippen molar-refractivity contribution in [2.24, 2.45) is 0 Å². The van der Waals surface area contributed by atoms with E-state index < -0.39 is 53.8 Å². The zero-order valence-corrected chi connectivity index (χ0v) is 13.2. The molecule has 23 heavy (non-hydrogen) atoms. The van der Waals surface area contributed by atoms with Crippen molar-refractivity contribution in [3.8, 4) is 0 Å². The molecule has 0 saturated carbocycles. The van der Waals surface area contributed by atoms with E-state index in [0.29, 0.717) is 0 Å². The second-order valence-electron chi connectivity index (χ2n) is 4.30. The number of rotatable bonds is 6. The van der Waals surface area contributed by atoms with Crippen molar-refractivity contribution in [3.05, 3.63) is 0 Å². The molecular formula is C9H12F6O6S2. The Hall–Kier alpha value is -1.05. The molecule has 138 valence electrons. The summed E-state index contributed by atoms with van der Waals surface area (Å²) in [4.78, 5) is 10.9. The average molecular weight is 394 g/mol. The van der Waals surface area contributed by atoms with Crippen LogP contribution in [0.5, 0.6) is 0 Å². The van der Waals surface area contributed by atoms with E-state index in [-0.39, 0.29) is 6.42 Å². The third kappa shape index (κ3) is 4.96. The van der Waals surface area contributed by atoms with Gasteiger partial charge in [-0.1, -0.05) is 6.92 Å². The van der Waals surface area contributed by atoms with E-state index in [9.17, 15) is 48.0 Å². The van der Waals surface area contributed by atoms with Gasteiger partial charge in [-0.05, 0) is 6.92 Å². The molecule has 0 bridgehead atoms. The number of halogens is 6. The Kier molecular flexibility index (Phi) is 6.51. The molecule has 1 atom stereocenters. The van der Waals surface area contributed by atoms with E-state index in [0.717, 1.165) is 6.92 Å². The van der Waals surface area contributed by atoms with Crippen molar-refractivity contribution in [1.82, 2.24) is 0 Å². The van der Waals surface area contributed by atoms with Crippen molar-refractivity contribution in [1.29, 1.82) is 0 Å². The smallest absolute Gasteiger partial charge is 0.463 e. The Bertz CT molecular complexity index is 588. The van der Waals surface area contributed by atoms with Gasteiger partial charge in [-0.2, -0.15) is 26.3 Å². The van der Waals surface area contributed by atoms with Crippen LogP contribution < -0.4 is 0 Å². The van der Waals surface area contributed by atoms with Crippen LogP contribution in [0.1, 0.15) is 26.7 Å². The number of esters is 1. The van der Waals surface area contributed by atoms with Crippen molar-refractivity contribution in [2.45, 2.75) is 48.4 Å². The van der Waals surface area contributed by atoms with E-state index in [1.807, 2.05) is 0 Å². The van der Waals surface area contributed by atoms with Crippen LogP contribution in [0.3, 0.4) is 0 Å². The molecule has 0 N–H and O–H groups in total. The maximum atomic E-state index is 12.5. The maximum Gasteiger partial charge on any atom is 0.498 e. The molecule has 14 heteroatoms. The predicted molar refractivity (Wildman–Crippen MR) is 64.2 cm³/mol. The van der Waals surface area contributed by atoms with Gasteiger partial charge in [0, 0.05) is 12.8 Å². The van der Waals surface area contributed by atoms with Crippen LogP contribution >= 0.6 is 0 Å². The van der Waals surface area contributed by atoms with Crippen LogP contribution in [0, 0.1) is 0 Å². The van der Waals surface area contributed by atoms with Crippen LogP contribution in [-0.4, -0.2) is 44.5 Å². The summed E-state index contributed by atoms with van der Waals surface area (Å²) in [5.41, 5.74) is -12.5. The SMILES string of the molecule is CCC(=O)OC(C)CC(S(=O)(=O)C(F)(F)F)S(=O)(=O)C(F)(F)F. The number of hydrogen-bond donors (Lipinski definition) is 0. The van der Waals surface area contributed by atoms with Gasteiger partial charge in [0.25, 0.3) is 19.7 Å². The number of sulfone groups is 2. The summed E-state index contributed by atoms with van der Waals surface area (Å²) in [6.45, 7) is 2.03. The zero-order chi connectivity index (χ0) is 18.9. The van der Waals surface area contributed by atoms with Crippen LogP contribution in [0.25, 0.3) is 0 Å². The minimum absolute atomic E-state index is 0.299. The first-order valence-electron chi connectivity index (χ1n) is 5.78. The van der Waals surface area contributed by atoms with Crippen molar-refractivity contribution in [2.75, 3.05) is 0 Å². The van der Waals surface area contributed by atoms with Gasteiger partial charge in [0.2, 0.25) is 0 Å². The van der Waals surface area contributed by atoms with Gasteiger partial charge in [-0.25, -0.2) is 16.8 Å². The molecule has 0 heterocycles. The first kappa shape index (κ1) is 21.9. The summed E-state index contributed by atoms with van der Waals surface area (Å²) < 4.78 is 120. The molecule has 0 aromatic carbocycles. The van der Waals surface area contributed by atoms with Crippen molar-refractivity contribution < 1.29 is 52.7 Å². The minimum atomic E-state index is -6.72. The molecule has 0 aliphatic rings. The second-order valence-corrected chi connectivity index (χ2v) is 8.84. The third-order valence-corrected chi connectivity index (χ3v) is 7.06. The fourth-order valence-corrected chi connectivity index (χ4v) is 4.98. The largest absolute Gasteiger partial charge is 0.498 e. The molecule has 0 aromatic heterocycles. The van der Waals surface area contributed by atoms with E-state index in [2.05, 4.69) is 4.74 Å². The van der Waals surface area contributed by atoms with Gasteiger partial charge in [0.15, 0.2) is 4.58 Å². The fraction of sp³-hybridized carbons (Fsp3) is 0.889. The number of alkyl halides is 6. The summed E-state index contributed by atoms with van der Waals surface area (Å²) in [5, 5.41) is 0. The summed E-state index contributed by atoms with van der Waals surface area (Å²) in [6.07, 6.45) is -3.82. The average Bonchev–Trinajstić information content (AvgIpc) is 2.32. The predicted octanol–water partition coefficient (Wildman–Crippen LogP) is 1.91. The van der Waals surface area contributed by atoms with Crippen LogP contribution in [0.4, 0.5) is 26.3 Å². The number of ether oxygens (including phenoxy) is 1. The first-order chi connectivity index (χ1) is 9.98. The Morgan fingerprint density at radius 1 is 0.957 bits per heavy atom. The highest BCUT2D eigenvalue weighted by atomic mass is 32.3. The summed E-state index contributed by atoms with van der Waals surface area (Å²) in [5.74, 6) is -1.05. The minimum Gasteiger partial charge on any atom is -0.463 e. The number of carbonyl (C=O) groups excluding carboxylic acids is 1. The topological polar surface area (TPSA) is 94.6 Å². The summed E-state index contributed by atoms with van der Waals surface area (Å²) in [6, 6.07) is 0. The molecule has 0 radical (unpaired) electrons. The summed E-state index contributed by atoms with van der Waals surface area (Å²) in [7, 11) is -13.4. The molecule has 0 spiro atoms. The lowest BCUT2D eigenvalue weighted by Crippen LogP contribution is -2.46. The molecule has 1 unspecified atom stereocenters. The quantitative estimate of drug-likeness (QED) is 0.505. The molecular weight excluding hydrogens is 382 g/mol. The lowest BCUT2D eigenvalue weighted by molar-refractivity contribution is -0.147. The first-order valence-corrected chi connectivity index (χ1v) is 8.87. The van der Waals surface area contributed by atoms with E-state index >= 15 is 0 Å². The number of carbonyl (C=O) groups is 1. The lowest BCUT2D eigenvalue weighted by Gasteiger charge is -2.23. The molecule has 0 amide bonds. The van der Waals surface area contributed by atoms with Gasteiger partial charge in [0.05, 0.1) is 0 Å². The molecule has 0 aromatic rings. The Labute approximate surface area is 127 Å². The molecule has 0 saturated heterocycles. The molecule has 0 fully saturated rings. The normalized spacial score (nSPS) is 15.5. The highest BCUT2D eigenvalue weighted by molar-refractivity contribution is 8.09. The zero-order valence-electron chi connectivity index (χ0n) is 11.6. The molecule has 0 aliphatic heterocycles. The van der Waals surface area contributed by atoms with Crippen LogP contribution in [0.2, 0.25) is 0 Å². The standard InChI is InChI=1S/C9H12F6O6S2/c1-3-6(16)21-5(2)4-7(22(17,18)8(10,11)12)23(19,20)9(13,14)15/h5,7H,3-4H2,1-2H3. The van der Waals surface area contributed by atoms with Gasteiger partial charge >= 0.3 is 17.0 Å². The maximum absolute atomic E-state index is 12.5. The van der Waals surface area contributed by atoms with Gasteiger partial charge < -0.3 is 4.74 Å². The Morgan fingerprint density at radius 2 is 1.30 bits per heavy atom. The van der Waals surface area contributed by atoms with E-state index in [1.165, 1.54) is 6.92 Å². The van der Waals surface area contributed by atoms with E-state index in [1.54, 1.807) is 0 Å². The van der Waals surface area contributed by atoms with Crippen LogP contribution in [0.15, 0.2) is 0 Å². The number of hydrogen-bond acceptors (Lipinski definition) is 6. The Morgan fingerprint density at radius 3 is 1.57 bits per heavy atom. The molecule has 6 nitrogen and oxygen atoms in total. The fourth-order valence-electron chi connectivity index (χ4n) is 1.35. The molecule has 0 aliphatic carbocycles. The molecule has 0 rings (SSSR count). The highest BCUT2D eigenvalue weighted by Gasteiger charge is 2.63. The van der Waals surface area contributed by atoms with Gasteiger partial charge in [-0.15, -0.1) is 0 Å². The Balaban J connectivity index is 5.94. The second kappa shape index (κ2) is 6.83. The van der Waals surface area contributed by atoms with Crippen molar-refractivity contribution in [3.63, 3.8) is 0 Å². The van der Waals surface area contributed by atoms with Gasteiger partial charge in [-0.3, -0.25) is 4.79 Å². The lowest BCUT2D eigenvalue weighted by atomic mass is 10.3. The highest BCUT2D eigenvalue weighted by Crippen LogP contribution is 2.38. The summed E-state index contributed by atoms with van der Waals surface area (Å²) >= 11 is 0. The monoisotopic (exact) mass is 394 g/mol. The van der Waals surface area contributed by atoms with Crippen molar-refractivity contribution >= 4 is 25.6 Å².